The Morgan fingerprint density at radius 1 is 1.13 bits per heavy atom. The number of aryl methyl sites for hydroxylation is 1. The highest BCUT2D eigenvalue weighted by Gasteiger charge is 2.14. The summed E-state index contributed by atoms with van der Waals surface area (Å²) in [5.74, 6) is -0.567. The Bertz CT molecular complexity index is 763. The van der Waals surface area contributed by atoms with E-state index >= 15 is 0 Å². The van der Waals surface area contributed by atoms with Gasteiger partial charge in [-0.15, -0.1) is 0 Å². The Morgan fingerprint density at radius 3 is 2.52 bits per heavy atom. The molecule has 0 heterocycles. The van der Waals surface area contributed by atoms with Gasteiger partial charge in [0.05, 0.1) is 4.90 Å². The van der Waals surface area contributed by atoms with Crippen molar-refractivity contribution in [2.24, 2.45) is 0 Å². The predicted octanol–water partition coefficient (Wildman–Crippen LogP) is 2.94. The number of hydrogen-bond donors (Lipinski definition) is 1. The van der Waals surface area contributed by atoms with E-state index in [2.05, 4.69) is 15.7 Å². The SMILES string of the molecule is CCN(CCNS(=O)(=O)c1cccc(F)c1)c1cccc(C)c1. The van der Waals surface area contributed by atoms with Gasteiger partial charge < -0.3 is 4.90 Å². The average molecular weight is 336 g/mol. The molecule has 124 valence electrons. The zero-order valence-electron chi connectivity index (χ0n) is 13.3. The maximum absolute atomic E-state index is 13.2. The van der Waals surface area contributed by atoms with E-state index in [-0.39, 0.29) is 11.4 Å². The summed E-state index contributed by atoms with van der Waals surface area (Å²) in [4.78, 5) is 2.03. The highest BCUT2D eigenvalue weighted by Crippen LogP contribution is 2.15. The van der Waals surface area contributed by atoms with E-state index in [0.29, 0.717) is 6.54 Å². The molecule has 4 nitrogen and oxygen atoms in total. The lowest BCUT2D eigenvalue weighted by molar-refractivity contribution is 0.577. The quantitative estimate of drug-likeness (QED) is 0.846. The van der Waals surface area contributed by atoms with Crippen LogP contribution in [0.4, 0.5) is 10.1 Å². The highest BCUT2D eigenvalue weighted by atomic mass is 32.2. The largest absolute Gasteiger partial charge is 0.370 e. The van der Waals surface area contributed by atoms with Crippen LogP contribution in [0.1, 0.15) is 12.5 Å². The third kappa shape index (κ3) is 4.77. The number of benzene rings is 2. The molecule has 0 aromatic heterocycles. The van der Waals surface area contributed by atoms with Crippen molar-refractivity contribution in [1.82, 2.24) is 4.72 Å². The molecule has 0 fully saturated rings. The molecule has 2 aromatic rings. The molecular formula is C17H21FN2O2S. The monoisotopic (exact) mass is 336 g/mol. The van der Waals surface area contributed by atoms with E-state index in [1.165, 1.54) is 18.2 Å². The zero-order valence-corrected chi connectivity index (χ0v) is 14.1. The number of halogens is 1. The molecule has 0 aliphatic heterocycles. The van der Waals surface area contributed by atoms with Crippen LogP contribution < -0.4 is 9.62 Å². The van der Waals surface area contributed by atoms with Crippen molar-refractivity contribution >= 4 is 15.7 Å². The highest BCUT2D eigenvalue weighted by molar-refractivity contribution is 7.89. The molecule has 2 rings (SSSR count). The van der Waals surface area contributed by atoms with E-state index < -0.39 is 15.8 Å². The Labute approximate surface area is 137 Å². The van der Waals surface area contributed by atoms with Crippen LogP contribution in [0.25, 0.3) is 0 Å². The fraction of sp³-hybridized carbons (Fsp3) is 0.294. The van der Waals surface area contributed by atoms with Crippen LogP contribution in [0.2, 0.25) is 0 Å². The van der Waals surface area contributed by atoms with E-state index in [9.17, 15) is 12.8 Å². The van der Waals surface area contributed by atoms with Crippen LogP contribution in [0.15, 0.2) is 53.4 Å². The van der Waals surface area contributed by atoms with E-state index in [1.807, 2.05) is 32.0 Å². The normalized spacial score (nSPS) is 11.4. The smallest absolute Gasteiger partial charge is 0.240 e. The summed E-state index contributed by atoms with van der Waals surface area (Å²) in [6.45, 7) is 5.59. The van der Waals surface area contributed by atoms with Gasteiger partial charge in [0.15, 0.2) is 0 Å². The van der Waals surface area contributed by atoms with E-state index in [0.717, 1.165) is 23.9 Å². The number of rotatable bonds is 7. The van der Waals surface area contributed by atoms with Gasteiger partial charge in [0.1, 0.15) is 5.82 Å². The van der Waals surface area contributed by atoms with Gasteiger partial charge in [-0.25, -0.2) is 17.5 Å². The van der Waals surface area contributed by atoms with Crippen LogP contribution in [-0.4, -0.2) is 28.1 Å². The number of nitrogens with one attached hydrogen (secondary N) is 1. The van der Waals surface area contributed by atoms with Crippen molar-refractivity contribution < 1.29 is 12.8 Å². The van der Waals surface area contributed by atoms with Gasteiger partial charge in [0.2, 0.25) is 10.0 Å². The van der Waals surface area contributed by atoms with E-state index in [4.69, 9.17) is 0 Å². The lowest BCUT2D eigenvalue weighted by Gasteiger charge is -2.23. The van der Waals surface area contributed by atoms with Gasteiger partial charge in [-0.05, 0) is 49.7 Å². The summed E-state index contributed by atoms with van der Waals surface area (Å²) >= 11 is 0. The minimum absolute atomic E-state index is 0.0592. The molecule has 0 saturated carbocycles. The third-order valence-corrected chi connectivity index (χ3v) is 4.99. The van der Waals surface area contributed by atoms with Gasteiger partial charge in [0, 0.05) is 25.3 Å². The van der Waals surface area contributed by atoms with Crippen molar-refractivity contribution in [3.05, 3.63) is 59.9 Å². The first kappa shape index (κ1) is 17.4. The molecule has 0 radical (unpaired) electrons. The molecule has 2 aromatic carbocycles. The molecule has 0 saturated heterocycles. The minimum atomic E-state index is -3.69. The first-order valence-electron chi connectivity index (χ1n) is 7.49. The maximum atomic E-state index is 13.2. The second-order valence-corrected chi connectivity index (χ2v) is 7.04. The van der Waals surface area contributed by atoms with Crippen LogP contribution >= 0.6 is 0 Å². The summed E-state index contributed by atoms with van der Waals surface area (Å²) < 4.78 is 40.0. The van der Waals surface area contributed by atoms with Crippen molar-refractivity contribution in [1.29, 1.82) is 0 Å². The van der Waals surface area contributed by atoms with Gasteiger partial charge in [-0.3, -0.25) is 0 Å². The van der Waals surface area contributed by atoms with Crippen LogP contribution in [-0.2, 0) is 10.0 Å². The van der Waals surface area contributed by atoms with Crippen LogP contribution in [0.3, 0.4) is 0 Å². The Balaban J connectivity index is 2.00. The van der Waals surface area contributed by atoms with Crippen molar-refractivity contribution in [3.63, 3.8) is 0 Å². The molecule has 1 N–H and O–H groups in total. The summed E-state index contributed by atoms with van der Waals surface area (Å²) in [7, 11) is -3.69. The van der Waals surface area contributed by atoms with Gasteiger partial charge >= 0.3 is 0 Å². The first-order valence-corrected chi connectivity index (χ1v) is 8.97. The molecule has 0 spiro atoms. The Morgan fingerprint density at radius 2 is 1.87 bits per heavy atom. The Kier molecular flexibility index (Phi) is 5.74. The molecule has 0 aliphatic carbocycles. The van der Waals surface area contributed by atoms with Crippen LogP contribution in [0, 0.1) is 12.7 Å². The fourth-order valence-corrected chi connectivity index (χ4v) is 3.38. The number of anilines is 1. The molecule has 0 unspecified atom stereocenters. The lowest BCUT2D eigenvalue weighted by Crippen LogP contribution is -2.35. The third-order valence-electron chi connectivity index (χ3n) is 3.53. The Hall–Kier alpha value is -1.92. The topological polar surface area (TPSA) is 49.4 Å². The fourth-order valence-electron chi connectivity index (χ4n) is 2.33. The number of sulfonamides is 1. The maximum Gasteiger partial charge on any atom is 0.240 e. The second-order valence-electron chi connectivity index (χ2n) is 5.27. The molecule has 6 heteroatoms. The standard InChI is InChI=1S/C17H21FN2O2S/c1-3-20(16-8-4-6-14(2)12-16)11-10-19-23(21,22)17-9-5-7-15(18)13-17/h4-9,12-13,19H,3,10-11H2,1-2H3. The average Bonchev–Trinajstić information content (AvgIpc) is 2.51. The van der Waals surface area contributed by atoms with E-state index in [1.54, 1.807) is 0 Å². The summed E-state index contributed by atoms with van der Waals surface area (Å²) in [5, 5.41) is 0. The zero-order chi connectivity index (χ0) is 16.9. The van der Waals surface area contributed by atoms with Crippen molar-refractivity contribution in [2.75, 3.05) is 24.5 Å². The number of nitrogens with zero attached hydrogens (tertiary/aromatic N) is 1. The van der Waals surface area contributed by atoms with Crippen molar-refractivity contribution in [2.45, 2.75) is 18.7 Å². The molecule has 0 bridgehead atoms. The van der Waals surface area contributed by atoms with Crippen molar-refractivity contribution in [3.8, 4) is 0 Å². The summed E-state index contributed by atoms with van der Waals surface area (Å²) in [6.07, 6.45) is 0. The summed E-state index contributed by atoms with van der Waals surface area (Å²) in [5.41, 5.74) is 2.21. The number of likely N-dealkylation sites (N-methyl/N-ethyl adjacent to an activating group) is 1. The van der Waals surface area contributed by atoms with Gasteiger partial charge in [-0.2, -0.15) is 0 Å². The second kappa shape index (κ2) is 7.57. The first-order chi connectivity index (χ1) is 10.9. The summed E-state index contributed by atoms with van der Waals surface area (Å²) in [6, 6.07) is 13.0. The molecular weight excluding hydrogens is 315 g/mol. The number of hydrogen-bond acceptors (Lipinski definition) is 3. The molecule has 0 atom stereocenters. The minimum Gasteiger partial charge on any atom is -0.370 e. The molecule has 23 heavy (non-hydrogen) atoms. The van der Waals surface area contributed by atoms with Gasteiger partial charge in [-0.1, -0.05) is 18.2 Å². The molecule has 0 amide bonds. The van der Waals surface area contributed by atoms with Crippen LogP contribution in [0.5, 0.6) is 0 Å². The van der Waals surface area contributed by atoms with Gasteiger partial charge in [0.25, 0.3) is 0 Å². The predicted molar refractivity (Wildman–Crippen MR) is 90.7 cm³/mol. The molecule has 0 aliphatic rings. The lowest BCUT2D eigenvalue weighted by atomic mass is 10.2.